The molecule has 1 atom stereocenters. The molecule has 0 spiro atoms. The summed E-state index contributed by atoms with van der Waals surface area (Å²) in [5.41, 5.74) is 6.62. The molecule has 37 heavy (non-hydrogen) atoms. The first-order valence-corrected chi connectivity index (χ1v) is 13.2. The Labute approximate surface area is 215 Å². The zero-order valence-electron chi connectivity index (χ0n) is 21.0. The number of likely N-dealkylation sites (tertiary alicyclic amines) is 1. The molecule has 7 rings (SSSR count). The van der Waals surface area contributed by atoms with Gasteiger partial charge in [-0.15, -0.1) is 0 Å². The number of hydrogen-bond acceptors (Lipinski definition) is 3. The van der Waals surface area contributed by atoms with E-state index < -0.39 is 0 Å². The van der Waals surface area contributed by atoms with E-state index in [1.807, 2.05) is 18.3 Å². The minimum Gasteiger partial charge on any atom is -0.497 e. The Morgan fingerprint density at radius 1 is 0.973 bits per heavy atom. The topological polar surface area (TPSA) is 63.1 Å². The molecule has 0 radical (unpaired) electrons. The molecule has 5 aromatic rings. The van der Waals surface area contributed by atoms with Gasteiger partial charge in [0, 0.05) is 48.9 Å². The maximum absolute atomic E-state index is 12.6. The summed E-state index contributed by atoms with van der Waals surface area (Å²) in [6.45, 7) is 2.55. The molecule has 1 saturated carbocycles. The molecular formula is C31H30N4O2. The van der Waals surface area contributed by atoms with Crippen molar-refractivity contribution in [2.24, 2.45) is 11.8 Å². The fraction of sp³-hybridized carbons (Fsp3) is 0.290. The molecule has 0 bridgehead atoms. The number of hydrogen-bond donors (Lipinski definition) is 1. The molecule has 2 aromatic heterocycles. The van der Waals surface area contributed by atoms with E-state index in [4.69, 9.17) is 9.72 Å². The van der Waals surface area contributed by atoms with Gasteiger partial charge in [-0.1, -0.05) is 36.4 Å². The van der Waals surface area contributed by atoms with Crippen molar-refractivity contribution in [3.05, 3.63) is 72.9 Å². The van der Waals surface area contributed by atoms with Crippen molar-refractivity contribution in [1.29, 1.82) is 0 Å². The number of H-pyrrole nitrogens is 1. The second-order valence-corrected chi connectivity index (χ2v) is 10.5. The van der Waals surface area contributed by atoms with E-state index in [9.17, 15) is 4.79 Å². The van der Waals surface area contributed by atoms with Crippen molar-refractivity contribution in [3.63, 3.8) is 0 Å². The number of carbonyl (C=O) groups is 1. The standard InChI is InChI=1S/C31H30N4O2/c1-37-26-10-11-29-28(17-26)33-30(35(29)19-20-13-15-34(18-20)31(36)24-7-8-24)23-5-2-21(3-6-23)25-9-4-22-12-14-32-27(22)16-25/h2-6,9-12,14,16-17,20,24,32H,7-8,13,15,18-19H2,1H3/t20-/m1/s1. The predicted octanol–water partition coefficient (Wildman–Crippen LogP) is 6.12. The van der Waals surface area contributed by atoms with Gasteiger partial charge in [-0.25, -0.2) is 4.98 Å². The summed E-state index contributed by atoms with van der Waals surface area (Å²) in [5, 5.41) is 1.22. The number of fused-ring (bicyclic) bond motifs is 2. The highest BCUT2D eigenvalue weighted by Gasteiger charge is 2.36. The van der Waals surface area contributed by atoms with E-state index >= 15 is 0 Å². The average Bonchev–Trinajstić information content (AvgIpc) is 3.33. The fourth-order valence-electron chi connectivity index (χ4n) is 5.71. The Morgan fingerprint density at radius 3 is 2.59 bits per heavy atom. The first-order valence-electron chi connectivity index (χ1n) is 13.2. The lowest BCUT2D eigenvalue weighted by atomic mass is 10.0. The fourth-order valence-corrected chi connectivity index (χ4v) is 5.71. The van der Waals surface area contributed by atoms with Gasteiger partial charge in [0.15, 0.2) is 0 Å². The number of ether oxygens (including phenoxy) is 1. The predicted molar refractivity (Wildman–Crippen MR) is 146 cm³/mol. The van der Waals surface area contributed by atoms with Gasteiger partial charge >= 0.3 is 0 Å². The van der Waals surface area contributed by atoms with Crippen LogP contribution in [0.15, 0.2) is 72.9 Å². The Bertz CT molecular complexity index is 1610. The summed E-state index contributed by atoms with van der Waals surface area (Å²) in [5.74, 6) is 2.83. The molecular weight excluding hydrogens is 460 g/mol. The highest BCUT2D eigenvalue weighted by atomic mass is 16.5. The first-order chi connectivity index (χ1) is 18.2. The van der Waals surface area contributed by atoms with Crippen LogP contribution in [0.5, 0.6) is 5.75 Å². The van der Waals surface area contributed by atoms with Gasteiger partial charge in [0.25, 0.3) is 0 Å². The number of carbonyl (C=O) groups excluding carboxylic acids is 1. The van der Waals surface area contributed by atoms with Crippen LogP contribution in [0, 0.1) is 11.8 Å². The number of rotatable bonds is 6. The molecule has 1 amide bonds. The van der Waals surface area contributed by atoms with Crippen LogP contribution in [0.1, 0.15) is 19.3 Å². The van der Waals surface area contributed by atoms with Gasteiger partial charge < -0.3 is 19.2 Å². The molecule has 186 valence electrons. The van der Waals surface area contributed by atoms with Crippen molar-refractivity contribution in [3.8, 4) is 28.3 Å². The summed E-state index contributed by atoms with van der Waals surface area (Å²) >= 11 is 0. The molecule has 3 aromatic carbocycles. The lowest BCUT2D eigenvalue weighted by Crippen LogP contribution is -2.30. The molecule has 2 aliphatic rings. The number of nitrogens with zero attached hydrogens (tertiary/aromatic N) is 3. The molecule has 0 unspecified atom stereocenters. The van der Waals surface area contributed by atoms with Crippen LogP contribution in [0.2, 0.25) is 0 Å². The van der Waals surface area contributed by atoms with Crippen LogP contribution < -0.4 is 4.74 Å². The smallest absolute Gasteiger partial charge is 0.225 e. The highest BCUT2D eigenvalue weighted by molar-refractivity contribution is 5.86. The van der Waals surface area contributed by atoms with Crippen molar-refractivity contribution >= 4 is 27.8 Å². The summed E-state index contributed by atoms with van der Waals surface area (Å²) in [7, 11) is 1.69. The Hall–Kier alpha value is -4.06. The number of nitrogens with one attached hydrogen (secondary N) is 1. The number of aromatic amines is 1. The zero-order valence-corrected chi connectivity index (χ0v) is 21.0. The van der Waals surface area contributed by atoms with E-state index in [1.54, 1.807) is 7.11 Å². The molecule has 1 saturated heterocycles. The number of methoxy groups -OCH3 is 1. The number of imidazole rings is 1. The third-order valence-corrected chi connectivity index (χ3v) is 7.95. The van der Waals surface area contributed by atoms with Gasteiger partial charge in [-0.3, -0.25) is 4.79 Å². The quantitative estimate of drug-likeness (QED) is 0.312. The average molecular weight is 491 g/mol. The minimum atomic E-state index is 0.284. The third-order valence-electron chi connectivity index (χ3n) is 7.95. The van der Waals surface area contributed by atoms with Crippen LogP contribution >= 0.6 is 0 Å². The van der Waals surface area contributed by atoms with Crippen molar-refractivity contribution in [2.75, 3.05) is 20.2 Å². The Morgan fingerprint density at radius 2 is 1.78 bits per heavy atom. The molecule has 3 heterocycles. The second kappa shape index (κ2) is 8.80. The van der Waals surface area contributed by atoms with Crippen molar-refractivity contribution in [1.82, 2.24) is 19.4 Å². The Balaban J connectivity index is 1.22. The van der Waals surface area contributed by atoms with Crippen LogP contribution in [0.4, 0.5) is 0 Å². The lowest BCUT2D eigenvalue weighted by molar-refractivity contribution is -0.131. The maximum atomic E-state index is 12.6. The van der Waals surface area contributed by atoms with Crippen LogP contribution in [-0.4, -0.2) is 45.5 Å². The van der Waals surface area contributed by atoms with Crippen LogP contribution in [0.3, 0.4) is 0 Å². The molecule has 1 N–H and O–H groups in total. The normalized spacial score (nSPS) is 17.6. The van der Waals surface area contributed by atoms with Gasteiger partial charge in [0.05, 0.1) is 18.1 Å². The summed E-state index contributed by atoms with van der Waals surface area (Å²) in [6.07, 6.45) is 5.14. The van der Waals surface area contributed by atoms with E-state index in [0.717, 1.165) is 72.6 Å². The van der Waals surface area contributed by atoms with E-state index in [1.165, 1.54) is 16.5 Å². The van der Waals surface area contributed by atoms with E-state index in [2.05, 4.69) is 69.0 Å². The van der Waals surface area contributed by atoms with Gasteiger partial charge in [-0.05, 0) is 66.0 Å². The molecule has 1 aliphatic carbocycles. The third kappa shape index (κ3) is 4.06. The van der Waals surface area contributed by atoms with Crippen LogP contribution in [-0.2, 0) is 11.3 Å². The zero-order chi connectivity index (χ0) is 24.9. The molecule has 6 nitrogen and oxygen atoms in total. The second-order valence-electron chi connectivity index (χ2n) is 10.5. The van der Waals surface area contributed by atoms with E-state index in [-0.39, 0.29) is 5.92 Å². The monoisotopic (exact) mass is 490 g/mol. The van der Waals surface area contributed by atoms with Crippen LogP contribution in [0.25, 0.3) is 44.5 Å². The molecule has 2 fully saturated rings. The van der Waals surface area contributed by atoms with Gasteiger partial charge in [0.1, 0.15) is 11.6 Å². The largest absolute Gasteiger partial charge is 0.497 e. The summed E-state index contributed by atoms with van der Waals surface area (Å²) in [6, 6.07) is 23.4. The number of benzene rings is 3. The lowest BCUT2D eigenvalue weighted by Gasteiger charge is -2.18. The minimum absolute atomic E-state index is 0.284. The first kappa shape index (κ1) is 22.2. The number of amides is 1. The molecule has 1 aliphatic heterocycles. The van der Waals surface area contributed by atoms with Crippen molar-refractivity contribution in [2.45, 2.75) is 25.8 Å². The molecule has 6 heteroatoms. The SMILES string of the molecule is COc1ccc2c(c1)nc(-c1ccc(-c3ccc4cc[nH]c4c3)cc1)n2C[C@@H]1CCN(C(=O)C2CC2)C1. The van der Waals surface area contributed by atoms with Gasteiger partial charge in [0.2, 0.25) is 5.91 Å². The highest BCUT2D eigenvalue weighted by Crippen LogP contribution is 2.35. The van der Waals surface area contributed by atoms with Crippen molar-refractivity contribution < 1.29 is 9.53 Å². The number of aromatic nitrogens is 3. The van der Waals surface area contributed by atoms with Gasteiger partial charge in [-0.2, -0.15) is 0 Å². The Kier molecular flexibility index (Phi) is 5.27. The summed E-state index contributed by atoms with van der Waals surface area (Å²) in [4.78, 5) is 23.1. The van der Waals surface area contributed by atoms with E-state index in [0.29, 0.717) is 11.8 Å². The summed E-state index contributed by atoms with van der Waals surface area (Å²) < 4.78 is 7.81. The maximum Gasteiger partial charge on any atom is 0.225 e.